The Morgan fingerprint density at radius 3 is 3.24 bits per heavy atom. The minimum atomic E-state index is 0.423. The minimum Gasteiger partial charge on any atom is -0.493 e. The SMILES string of the molecule is C=CCCNC1CCCOc2c(C)cccc21. The van der Waals surface area contributed by atoms with E-state index in [0.29, 0.717) is 6.04 Å². The van der Waals surface area contributed by atoms with Crippen LogP contribution in [-0.4, -0.2) is 13.2 Å². The molecule has 2 rings (SSSR count). The van der Waals surface area contributed by atoms with Gasteiger partial charge in [0.25, 0.3) is 0 Å². The Bertz CT molecular complexity index is 387. The molecule has 1 unspecified atom stereocenters. The molecular weight excluding hydrogens is 210 g/mol. The van der Waals surface area contributed by atoms with Gasteiger partial charge in [-0.05, 0) is 38.3 Å². The molecule has 1 aliphatic rings. The smallest absolute Gasteiger partial charge is 0.126 e. The maximum atomic E-state index is 5.86. The molecule has 2 nitrogen and oxygen atoms in total. The van der Waals surface area contributed by atoms with E-state index in [9.17, 15) is 0 Å². The number of fused-ring (bicyclic) bond motifs is 1. The number of aryl methyl sites for hydroxylation is 1. The van der Waals surface area contributed by atoms with Gasteiger partial charge in [-0.15, -0.1) is 6.58 Å². The highest BCUT2D eigenvalue weighted by atomic mass is 16.5. The van der Waals surface area contributed by atoms with E-state index in [4.69, 9.17) is 4.74 Å². The number of hydrogen-bond acceptors (Lipinski definition) is 2. The van der Waals surface area contributed by atoms with Gasteiger partial charge in [-0.3, -0.25) is 0 Å². The lowest BCUT2D eigenvalue weighted by Crippen LogP contribution is -2.21. The lowest BCUT2D eigenvalue weighted by Gasteiger charge is -2.19. The van der Waals surface area contributed by atoms with Crippen molar-refractivity contribution in [2.75, 3.05) is 13.2 Å². The summed E-state index contributed by atoms with van der Waals surface area (Å²) < 4.78 is 5.86. The average Bonchev–Trinajstić information content (AvgIpc) is 2.54. The molecule has 0 aromatic heterocycles. The van der Waals surface area contributed by atoms with Crippen LogP contribution in [0.25, 0.3) is 0 Å². The van der Waals surface area contributed by atoms with Crippen LogP contribution in [-0.2, 0) is 0 Å². The Morgan fingerprint density at radius 2 is 2.41 bits per heavy atom. The first kappa shape index (κ1) is 12.2. The van der Waals surface area contributed by atoms with Crippen LogP contribution in [0.4, 0.5) is 0 Å². The van der Waals surface area contributed by atoms with E-state index >= 15 is 0 Å². The molecule has 0 radical (unpaired) electrons. The molecule has 0 saturated carbocycles. The van der Waals surface area contributed by atoms with Crippen molar-refractivity contribution in [2.24, 2.45) is 0 Å². The van der Waals surface area contributed by atoms with Crippen LogP contribution in [0.3, 0.4) is 0 Å². The molecule has 2 heteroatoms. The molecule has 1 atom stereocenters. The quantitative estimate of drug-likeness (QED) is 0.633. The van der Waals surface area contributed by atoms with Crippen molar-refractivity contribution in [1.82, 2.24) is 5.32 Å². The summed E-state index contributed by atoms with van der Waals surface area (Å²) in [5.41, 5.74) is 2.55. The van der Waals surface area contributed by atoms with E-state index in [1.165, 1.54) is 11.1 Å². The second kappa shape index (κ2) is 5.87. The zero-order valence-electron chi connectivity index (χ0n) is 10.5. The van der Waals surface area contributed by atoms with E-state index < -0.39 is 0 Å². The highest BCUT2D eigenvalue weighted by Gasteiger charge is 2.19. The fraction of sp³-hybridized carbons (Fsp3) is 0.467. The van der Waals surface area contributed by atoms with Crippen LogP contribution in [0, 0.1) is 6.92 Å². The standard InChI is InChI=1S/C15H21NO/c1-3-4-10-16-14-9-6-11-17-15-12(2)7-5-8-13(14)15/h3,5,7-8,14,16H,1,4,6,9-11H2,2H3. The van der Waals surface area contributed by atoms with Gasteiger partial charge in [0.15, 0.2) is 0 Å². The predicted molar refractivity (Wildman–Crippen MR) is 71.5 cm³/mol. The number of ether oxygens (including phenoxy) is 1. The number of hydrogen-bond donors (Lipinski definition) is 1. The summed E-state index contributed by atoms with van der Waals surface area (Å²) in [6.07, 6.45) is 5.23. The Morgan fingerprint density at radius 1 is 1.53 bits per heavy atom. The van der Waals surface area contributed by atoms with Gasteiger partial charge in [0, 0.05) is 11.6 Å². The predicted octanol–water partition coefficient (Wildman–Crippen LogP) is 3.37. The molecule has 0 aliphatic carbocycles. The van der Waals surface area contributed by atoms with Crippen molar-refractivity contribution in [2.45, 2.75) is 32.2 Å². The lowest BCUT2D eigenvalue weighted by atomic mass is 10.00. The number of benzene rings is 1. The summed E-state index contributed by atoms with van der Waals surface area (Å²) in [5.74, 6) is 1.08. The Balaban J connectivity index is 2.18. The largest absolute Gasteiger partial charge is 0.493 e. The Hall–Kier alpha value is -1.28. The molecule has 1 N–H and O–H groups in total. The van der Waals surface area contributed by atoms with Crippen molar-refractivity contribution in [3.05, 3.63) is 42.0 Å². The van der Waals surface area contributed by atoms with Gasteiger partial charge in [0.05, 0.1) is 6.61 Å². The molecule has 1 aromatic rings. The molecule has 1 heterocycles. The van der Waals surface area contributed by atoms with Gasteiger partial charge < -0.3 is 10.1 Å². The van der Waals surface area contributed by atoms with Gasteiger partial charge in [0.2, 0.25) is 0 Å². The Kier molecular flexibility index (Phi) is 4.21. The second-order valence-electron chi connectivity index (χ2n) is 4.57. The highest BCUT2D eigenvalue weighted by Crippen LogP contribution is 2.33. The van der Waals surface area contributed by atoms with Crippen LogP contribution in [0.5, 0.6) is 5.75 Å². The summed E-state index contributed by atoms with van der Waals surface area (Å²) in [4.78, 5) is 0. The zero-order valence-corrected chi connectivity index (χ0v) is 10.5. The molecule has 92 valence electrons. The van der Waals surface area contributed by atoms with Crippen LogP contribution < -0.4 is 10.1 Å². The number of para-hydroxylation sites is 1. The third-order valence-electron chi connectivity index (χ3n) is 3.24. The van der Waals surface area contributed by atoms with Crippen molar-refractivity contribution in [3.8, 4) is 5.75 Å². The van der Waals surface area contributed by atoms with E-state index in [1.54, 1.807) is 0 Å². The minimum absolute atomic E-state index is 0.423. The van der Waals surface area contributed by atoms with Crippen molar-refractivity contribution >= 4 is 0 Å². The van der Waals surface area contributed by atoms with E-state index in [0.717, 1.165) is 38.2 Å². The summed E-state index contributed by atoms with van der Waals surface area (Å²) in [5, 5.41) is 3.59. The van der Waals surface area contributed by atoms with Crippen molar-refractivity contribution in [1.29, 1.82) is 0 Å². The molecule has 17 heavy (non-hydrogen) atoms. The Labute approximate surface area is 104 Å². The van der Waals surface area contributed by atoms with Gasteiger partial charge >= 0.3 is 0 Å². The molecule has 0 bridgehead atoms. The summed E-state index contributed by atoms with van der Waals surface area (Å²) >= 11 is 0. The van der Waals surface area contributed by atoms with E-state index in [1.807, 2.05) is 6.08 Å². The number of rotatable bonds is 4. The van der Waals surface area contributed by atoms with Gasteiger partial charge in [-0.2, -0.15) is 0 Å². The molecule has 0 saturated heterocycles. The van der Waals surface area contributed by atoms with Crippen LogP contribution in [0.15, 0.2) is 30.9 Å². The summed E-state index contributed by atoms with van der Waals surface area (Å²) in [6, 6.07) is 6.84. The van der Waals surface area contributed by atoms with Crippen LogP contribution in [0.2, 0.25) is 0 Å². The lowest BCUT2D eigenvalue weighted by molar-refractivity contribution is 0.313. The first-order valence-electron chi connectivity index (χ1n) is 6.39. The van der Waals surface area contributed by atoms with Crippen molar-refractivity contribution in [3.63, 3.8) is 0 Å². The van der Waals surface area contributed by atoms with Crippen LogP contribution >= 0.6 is 0 Å². The topological polar surface area (TPSA) is 21.3 Å². The fourth-order valence-corrected chi connectivity index (χ4v) is 2.34. The monoisotopic (exact) mass is 231 g/mol. The third-order valence-corrected chi connectivity index (χ3v) is 3.24. The highest BCUT2D eigenvalue weighted by molar-refractivity contribution is 5.43. The zero-order chi connectivity index (χ0) is 12.1. The third kappa shape index (κ3) is 2.89. The molecular formula is C15H21NO. The molecule has 1 aliphatic heterocycles. The first-order chi connectivity index (χ1) is 8.33. The van der Waals surface area contributed by atoms with Crippen molar-refractivity contribution < 1.29 is 4.74 Å². The second-order valence-corrected chi connectivity index (χ2v) is 4.57. The van der Waals surface area contributed by atoms with E-state index in [2.05, 4.69) is 37.0 Å². The van der Waals surface area contributed by atoms with Crippen LogP contribution in [0.1, 0.15) is 36.4 Å². The maximum Gasteiger partial charge on any atom is 0.126 e. The first-order valence-corrected chi connectivity index (χ1v) is 6.39. The van der Waals surface area contributed by atoms with Gasteiger partial charge in [-0.1, -0.05) is 24.3 Å². The maximum absolute atomic E-state index is 5.86. The number of nitrogens with one attached hydrogen (secondary N) is 1. The summed E-state index contributed by atoms with van der Waals surface area (Å²) in [6.45, 7) is 7.69. The average molecular weight is 231 g/mol. The molecule has 0 amide bonds. The summed E-state index contributed by atoms with van der Waals surface area (Å²) in [7, 11) is 0. The normalized spacial score (nSPS) is 19.0. The van der Waals surface area contributed by atoms with Gasteiger partial charge in [-0.25, -0.2) is 0 Å². The fourth-order valence-electron chi connectivity index (χ4n) is 2.34. The van der Waals surface area contributed by atoms with E-state index in [-0.39, 0.29) is 0 Å². The molecule has 1 aromatic carbocycles. The molecule has 0 fully saturated rings. The van der Waals surface area contributed by atoms with Gasteiger partial charge in [0.1, 0.15) is 5.75 Å². The molecule has 0 spiro atoms.